The van der Waals surface area contributed by atoms with E-state index < -0.39 is 35.7 Å². The van der Waals surface area contributed by atoms with Gasteiger partial charge in [0.15, 0.2) is 0 Å². The van der Waals surface area contributed by atoms with Gasteiger partial charge in [0.25, 0.3) is 11.5 Å². The number of pyridine rings is 1. The van der Waals surface area contributed by atoms with Gasteiger partial charge in [0.1, 0.15) is 42.3 Å². The van der Waals surface area contributed by atoms with Gasteiger partial charge in [-0.1, -0.05) is 17.7 Å². The molecule has 0 atom stereocenters. The molecule has 2 aromatic carbocycles. The maximum Gasteiger partial charge on any atom is 0.320 e. The van der Waals surface area contributed by atoms with Gasteiger partial charge in [-0.15, -0.1) is 0 Å². The number of hydrogen-bond donors (Lipinski definition) is 2. The third-order valence-electron chi connectivity index (χ3n) is 5.43. The summed E-state index contributed by atoms with van der Waals surface area (Å²) in [6.07, 6.45) is 1.44. The maximum absolute atomic E-state index is 13.8. The number of aliphatic hydroxyl groups excluding tert-OH is 1. The summed E-state index contributed by atoms with van der Waals surface area (Å²) in [7, 11) is 0. The number of nitrogens with zero attached hydrogens (tertiary/aromatic N) is 3. The Bertz CT molecular complexity index is 1380. The largest absolute Gasteiger partial charge is 0.487 e. The van der Waals surface area contributed by atoms with Gasteiger partial charge in [-0.2, -0.15) is 0 Å². The van der Waals surface area contributed by atoms with E-state index >= 15 is 0 Å². The van der Waals surface area contributed by atoms with Crippen LogP contribution >= 0.6 is 11.6 Å². The molecule has 2 heterocycles. The molecule has 12 heteroatoms. The third-order valence-corrected chi connectivity index (χ3v) is 5.78. The molecule has 3 aromatic rings. The topological polar surface area (TPSA) is 118 Å². The lowest BCUT2D eigenvalue weighted by Gasteiger charge is -2.16. The van der Waals surface area contributed by atoms with Crippen molar-refractivity contribution in [1.29, 1.82) is 0 Å². The Labute approximate surface area is 202 Å². The summed E-state index contributed by atoms with van der Waals surface area (Å²) in [5.74, 6) is -2.06. The average molecular weight is 505 g/mol. The lowest BCUT2D eigenvalue weighted by atomic mass is 10.1. The van der Waals surface area contributed by atoms with Crippen molar-refractivity contribution in [3.63, 3.8) is 0 Å². The number of aromatic nitrogens is 1. The van der Waals surface area contributed by atoms with E-state index in [1.165, 1.54) is 32.7 Å². The normalized spacial score (nSPS) is 12.6. The zero-order chi connectivity index (χ0) is 25.3. The number of aliphatic hydroxyl groups is 1. The fourth-order valence-electron chi connectivity index (χ4n) is 3.65. The zero-order valence-electron chi connectivity index (χ0n) is 18.1. The van der Waals surface area contributed by atoms with Crippen molar-refractivity contribution >= 4 is 34.9 Å². The Balaban J connectivity index is 1.55. The van der Waals surface area contributed by atoms with E-state index in [0.717, 1.165) is 12.1 Å². The maximum atomic E-state index is 13.8. The number of carbonyl (C=O) groups is 2. The first-order chi connectivity index (χ1) is 16.7. The van der Waals surface area contributed by atoms with Crippen LogP contribution in [0.15, 0.2) is 53.5 Å². The Morgan fingerprint density at radius 3 is 2.54 bits per heavy atom. The molecule has 35 heavy (non-hydrogen) atoms. The van der Waals surface area contributed by atoms with Gasteiger partial charge in [-0.05, 0) is 35.9 Å². The molecule has 3 N–H and O–H groups in total. The molecule has 0 saturated carbocycles. The summed E-state index contributed by atoms with van der Waals surface area (Å²) in [6.45, 7) is -1.06. The average Bonchev–Trinajstić information content (AvgIpc) is 3.21. The van der Waals surface area contributed by atoms with Crippen molar-refractivity contribution in [1.82, 2.24) is 4.57 Å². The molecule has 9 nitrogen and oxygen atoms in total. The number of urea groups is 1. The first kappa shape index (κ1) is 24.2. The molecule has 0 saturated heterocycles. The number of anilines is 2. The van der Waals surface area contributed by atoms with Crippen molar-refractivity contribution in [2.45, 2.75) is 13.2 Å². The van der Waals surface area contributed by atoms with E-state index in [0.29, 0.717) is 16.9 Å². The molecule has 1 aliphatic heterocycles. The van der Waals surface area contributed by atoms with E-state index in [2.05, 4.69) is 0 Å². The number of halogens is 3. The second-order valence-corrected chi connectivity index (χ2v) is 8.04. The fraction of sp³-hybridized carbons (Fsp3) is 0.174. The minimum Gasteiger partial charge on any atom is -0.487 e. The van der Waals surface area contributed by atoms with E-state index in [4.69, 9.17) is 22.1 Å². The van der Waals surface area contributed by atoms with Crippen LogP contribution in [0.2, 0.25) is 5.02 Å². The first-order valence-corrected chi connectivity index (χ1v) is 10.6. The number of hydrogen-bond acceptors (Lipinski definition) is 5. The van der Waals surface area contributed by atoms with Gasteiger partial charge in [0.05, 0.1) is 17.9 Å². The number of carbonyl (C=O) groups excluding carboxylic acids is 2. The lowest BCUT2D eigenvalue weighted by molar-refractivity contribution is -0.121. The molecule has 0 fully saturated rings. The first-order valence-electron chi connectivity index (χ1n) is 10.3. The van der Waals surface area contributed by atoms with Crippen LogP contribution in [0.4, 0.5) is 25.0 Å². The van der Waals surface area contributed by atoms with Gasteiger partial charge >= 0.3 is 6.03 Å². The molecule has 182 valence electrons. The van der Waals surface area contributed by atoms with Crippen LogP contribution in [0.5, 0.6) is 5.75 Å². The molecule has 0 spiro atoms. The Kier molecular flexibility index (Phi) is 6.72. The van der Waals surface area contributed by atoms with Gasteiger partial charge < -0.3 is 20.1 Å². The van der Waals surface area contributed by atoms with Crippen LogP contribution in [0.3, 0.4) is 0 Å². The summed E-state index contributed by atoms with van der Waals surface area (Å²) in [4.78, 5) is 39.0. The zero-order valence-corrected chi connectivity index (χ0v) is 18.8. The molecular formula is C23H19ClF2N4O5. The summed E-state index contributed by atoms with van der Waals surface area (Å²) in [5.41, 5.74) is 6.30. The summed E-state index contributed by atoms with van der Waals surface area (Å²) in [5, 5.41) is 8.95. The number of nitrogens with two attached hydrogens (primary N) is 1. The molecule has 1 aliphatic rings. The molecule has 0 unspecified atom stereocenters. The summed E-state index contributed by atoms with van der Waals surface area (Å²) < 4.78 is 33.6. The summed E-state index contributed by atoms with van der Waals surface area (Å²) in [6, 6.07) is 8.56. The SMILES string of the molecule is NC(=O)N1CN(C(=O)CO)c2ccc(Cn3ccc(OCc4ccc(F)cc4F)c(Cl)c3=O)cc21. The van der Waals surface area contributed by atoms with E-state index in [9.17, 15) is 28.3 Å². The van der Waals surface area contributed by atoms with Crippen molar-refractivity contribution in [3.8, 4) is 5.75 Å². The number of amides is 3. The molecule has 0 bridgehead atoms. The minimum absolute atomic E-state index is 0.0312. The van der Waals surface area contributed by atoms with Crippen LogP contribution in [-0.4, -0.2) is 34.9 Å². The van der Waals surface area contributed by atoms with Gasteiger partial charge in [0.2, 0.25) is 0 Å². The number of benzene rings is 2. The highest BCUT2D eigenvalue weighted by Gasteiger charge is 2.32. The van der Waals surface area contributed by atoms with E-state index in [1.807, 2.05) is 0 Å². The molecule has 3 amide bonds. The quantitative estimate of drug-likeness (QED) is 0.535. The molecule has 0 radical (unpaired) electrons. The Morgan fingerprint density at radius 2 is 1.86 bits per heavy atom. The molecular weight excluding hydrogens is 486 g/mol. The number of rotatable bonds is 6. The van der Waals surface area contributed by atoms with E-state index in [-0.39, 0.29) is 36.2 Å². The monoisotopic (exact) mass is 504 g/mol. The second-order valence-electron chi connectivity index (χ2n) is 7.66. The third kappa shape index (κ3) is 4.81. The number of primary amides is 1. The van der Waals surface area contributed by atoms with Crippen molar-refractivity contribution in [2.75, 3.05) is 23.1 Å². The Hall–Kier alpha value is -3.96. The smallest absolute Gasteiger partial charge is 0.320 e. The second kappa shape index (κ2) is 9.72. The highest BCUT2D eigenvalue weighted by Crippen LogP contribution is 2.37. The van der Waals surface area contributed by atoms with E-state index in [1.54, 1.807) is 18.2 Å². The van der Waals surface area contributed by atoms with Gasteiger partial charge in [0, 0.05) is 17.8 Å². The Morgan fingerprint density at radius 1 is 1.09 bits per heavy atom. The predicted octanol–water partition coefficient (Wildman–Crippen LogP) is 2.59. The van der Waals surface area contributed by atoms with Crippen molar-refractivity contribution in [3.05, 3.63) is 86.8 Å². The standard InChI is InChI=1S/C23H19ClF2N4O5/c24-21-19(35-11-14-2-3-15(25)8-16(14)26)5-6-28(22(21)33)9-13-1-4-17-18(7-13)30(23(27)34)12-29(17)20(32)10-31/h1-8,31H,9-12H2,(H2,27,34). The van der Waals surface area contributed by atoms with Gasteiger partial charge in [-0.3, -0.25) is 19.4 Å². The number of ether oxygens (including phenoxy) is 1. The van der Waals surface area contributed by atoms with Crippen LogP contribution < -0.4 is 25.8 Å². The molecule has 1 aromatic heterocycles. The number of fused-ring (bicyclic) bond motifs is 1. The van der Waals surface area contributed by atoms with Crippen molar-refractivity contribution in [2.24, 2.45) is 5.73 Å². The molecule has 4 rings (SSSR count). The minimum atomic E-state index is -0.782. The van der Waals surface area contributed by atoms with Crippen LogP contribution in [0.25, 0.3) is 0 Å². The highest BCUT2D eigenvalue weighted by molar-refractivity contribution is 6.31. The molecule has 0 aliphatic carbocycles. The fourth-order valence-corrected chi connectivity index (χ4v) is 3.88. The van der Waals surface area contributed by atoms with Gasteiger partial charge in [-0.25, -0.2) is 13.6 Å². The highest BCUT2D eigenvalue weighted by atomic mass is 35.5. The predicted molar refractivity (Wildman–Crippen MR) is 123 cm³/mol. The summed E-state index contributed by atoms with van der Waals surface area (Å²) >= 11 is 6.17. The van der Waals surface area contributed by atoms with Crippen LogP contribution in [0.1, 0.15) is 11.1 Å². The lowest BCUT2D eigenvalue weighted by Crippen LogP contribution is -2.42. The van der Waals surface area contributed by atoms with Crippen LogP contribution in [0, 0.1) is 11.6 Å². The van der Waals surface area contributed by atoms with Crippen LogP contribution in [-0.2, 0) is 17.9 Å². The van der Waals surface area contributed by atoms with Crippen molar-refractivity contribution < 1.29 is 28.2 Å².